The number of hydrogen-bond donors (Lipinski definition) is 1. The number of ether oxygens (including phenoxy) is 1. The lowest BCUT2D eigenvalue weighted by Gasteiger charge is -2.15. The number of halogens is 1. The van der Waals surface area contributed by atoms with Gasteiger partial charge in [0.25, 0.3) is 0 Å². The van der Waals surface area contributed by atoms with Crippen LogP contribution in [0.1, 0.15) is 44.2 Å². The van der Waals surface area contributed by atoms with Gasteiger partial charge in [-0.15, -0.1) is 0 Å². The standard InChI is InChI=1S/C15H22ClNO/c1-11(17-2)13-7-8-15(14(16)9-13)18-10-12-5-3-4-6-12/h7-9,11-12,17H,3-6,10H2,1-2H3. The normalized spacial score (nSPS) is 17.9. The first-order chi connectivity index (χ1) is 8.70. The summed E-state index contributed by atoms with van der Waals surface area (Å²) >= 11 is 6.26. The van der Waals surface area contributed by atoms with Crippen molar-refractivity contribution in [1.82, 2.24) is 5.32 Å². The van der Waals surface area contributed by atoms with Gasteiger partial charge >= 0.3 is 0 Å². The third kappa shape index (κ3) is 3.39. The summed E-state index contributed by atoms with van der Waals surface area (Å²) in [6.45, 7) is 2.92. The fourth-order valence-electron chi connectivity index (χ4n) is 2.45. The van der Waals surface area contributed by atoms with Crippen LogP contribution in [0.4, 0.5) is 0 Å². The molecule has 0 saturated heterocycles. The molecule has 18 heavy (non-hydrogen) atoms. The minimum Gasteiger partial charge on any atom is -0.492 e. The molecule has 1 fully saturated rings. The van der Waals surface area contributed by atoms with Crippen molar-refractivity contribution in [2.45, 2.75) is 38.6 Å². The molecule has 1 N–H and O–H groups in total. The molecule has 1 aromatic rings. The molecule has 100 valence electrons. The summed E-state index contributed by atoms with van der Waals surface area (Å²) in [5.74, 6) is 1.53. The lowest BCUT2D eigenvalue weighted by molar-refractivity contribution is 0.252. The summed E-state index contributed by atoms with van der Waals surface area (Å²) in [5, 5.41) is 3.92. The van der Waals surface area contributed by atoms with Crippen LogP contribution in [0.3, 0.4) is 0 Å². The van der Waals surface area contributed by atoms with E-state index >= 15 is 0 Å². The van der Waals surface area contributed by atoms with Gasteiger partial charge in [-0.1, -0.05) is 30.5 Å². The van der Waals surface area contributed by atoms with Gasteiger partial charge < -0.3 is 10.1 Å². The highest BCUT2D eigenvalue weighted by Crippen LogP contribution is 2.30. The van der Waals surface area contributed by atoms with Crippen molar-refractivity contribution in [3.05, 3.63) is 28.8 Å². The van der Waals surface area contributed by atoms with Gasteiger partial charge in [0.2, 0.25) is 0 Å². The van der Waals surface area contributed by atoms with Crippen molar-refractivity contribution < 1.29 is 4.74 Å². The summed E-state index contributed by atoms with van der Waals surface area (Å²) < 4.78 is 5.84. The highest BCUT2D eigenvalue weighted by molar-refractivity contribution is 6.32. The van der Waals surface area contributed by atoms with Gasteiger partial charge in [0.1, 0.15) is 5.75 Å². The maximum Gasteiger partial charge on any atom is 0.137 e. The zero-order valence-corrected chi connectivity index (χ0v) is 12.0. The molecule has 0 radical (unpaired) electrons. The van der Waals surface area contributed by atoms with E-state index in [2.05, 4.69) is 18.3 Å². The van der Waals surface area contributed by atoms with Crippen LogP contribution in [0.2, 0.25) is 5.02 Å². The Morgan fingerprint density at radius 1 is 1.39 bits per heavy atom. The fourth-order valence-corrected chi connectivity index (χ4v) is 2.70. The Morgan fingerprint density at radius 2 is 2.11 bits per heavy atom. The molecule has 1 aliphatic rings. The SMILES string of the molecule is CNC(C)c1ccc(OCC2CCCC2)c(Cl)c1. The van der Waals surface area contributed by atoms with Crippen LogP contribution in [0.25, 0.3) is 0 Å². The molecule has 2 nitrogen and oxygen atoms in total. The van der Waals surface area contributed by atoms with Gasteiger partial charge in [-0.25, -0.2) is 0 Å². The Hall–Kier alpha value is -0.730. The summed E-state index contributed by atoms with van der Waals surface area (Å²) in [6.07, 6.45) is 5.29. The maximum absolute atomic E-state index is 6.26. The van der Waals surface area contributed by atoms with E-state index in [1.807, 2.05) is 19.2 Å². The molecule has 0 heterocycles. The van der Waals surface area contributed by atoms with Gasteiger partial charge in [-0.2, -0.15) is 0 Å². The molecule has 0 aliphatic heterocycles. The van der Waals surface area contributed by atoms with E-state index in [4.69, 9.17) is 16.3 Å². The molecule has 1 aliphatic carbocycles. The van der Waals surface area contributed by atoms with Crippen LogP contribution in [-0.2, 0) is 0 Å². The first kappa shape index (κ1) is 13.7. The molecule has 3 heteroatoms. The van der Waals surface area contributed by atoms with Gasteiger partial charge in [0, 0.05) is 6.04 Å². The molecule has 1 saturated carbocycles. The smallest absolute Gasteiger partial charge is 0.137 e. The Labute approximate surface area is 115 Å². The molecule has 0 spiro atoms. The Morgan fingerprint density at radius 3 is 2.72 bits per heavy atom. The molecular formula is C15H22ClNO. The lowest BCUT2D eigenvalue weighted by atomic mass is 10.1. The zero-order chi connectivity index (χ0) is 13.0. The summed E-state index contributed by atoms with van der Waals surface area (Å²) in [6, 6.07) is 6.37. The van der Waals surface area contributed by atoms with Crippen LogP contribution >= 0.6 is 11.6 Å². The molecular weight excluding hydrogens is 246 g/mol. The molecule has 0 aromatic heterocycles. The lowest BCUT2D eigenvalue weighted by Crippen LogP contribution is -2.12. The Bertz CT molecular complexity index is 388. The van der Waals surface area contributed by atoms with E-state index in [0.717, 1.165) is 18.3 Å². The molecule has 0 bridgehead atoms. The number of hydrogen-bond acceptors (Lipinski definition) is 2. The van der Waals surface area contributed by atoms with Crippen molar-refractivity contribution in [1.29, 1.82) is 0 Å². The van der Waals surface area contributed by atoms with Crippen molar-refractivity contribution >= 4 is 11.6 Å². The maximum atomic E-state index is 6.26. The van der Waals surface area contributed by atoms with Crippen molar-refractivity contribution in [2.24, 2.45) is 5.92 Å². The van der Waals surface area contributed by atoms with Crippen LogP contribution in [0, 0.1) is 5.92 Å². The highest BCUT2D eigenvalue weighted by Gasteiger charge is 2.16. The molecule has 1 unspecified atom stereocenters. The van der Waals surface area contributed by atoms with Crippen LogP contribution in [0.5, 0.6) is 5.75 Å². The second kappa shape index (κ2) is 6.44. The first-order valence-corrected chi connectivity index (χ1v) is 7.18. The zero-order valence-electron chi connectivity index (χ0n) is 11.2. The third-order valence-electron chi connectivity index (χ3n) is 3.84. The van der Waals surface area contributed by atoms with Crippen LogP contribution in [-0.4, -0.2) is 13.7 Å². The monoisotopic (exact) mass is 267 g/mol. The van der Waals surface area contributed by atoms with Crippen LogP contribution in [0.15, 0.2) is 18.2 Å². The summed E-state index contributed by atoms with van der Waals surface area (Å²) in [5.41, 5.74) is 1.19. The molecule has 2 rings (SSSR count). The second-order valence-electron chi connectivity index (χ2n) is 5.16. The minimum atomic E-state index is 0.311. The number of benzene rings is 1. The first-order valence-electron chi connectivity index (χ1n) is 6.80. The van der Waals surface area contributed by atoms with Crippen molar-refractivity contribution in [2.75, 3.05) is 13.7 Å². The molecule has 1 atom stereocenters. The predicted molar refractivity (Wildman–Crippen MR) is 76.4 cm³/mol. The largest absolute Gasteiger partial charge is 0.492 e. The third-order valence-corrected chi connectivity index (χ3v) is 4.13. The Balaban J connectivity index is 1.96. The van der Waals surface area contributed by atoms with E-state index in [-0.39, 0.29) is 0 Å². The Kier molecular flexibility index (Phi) is 4.90. The van der Waals surface area contributed by atoms with Gasteiger partial charge in [-0.05, 0) is 50.4 Å². The van der Waals surface area contributed by atoms with Crippen molar-refractivity contribution in [3.63, 3.8) is 0 Å². The van der Waals surface area contributed by atoms with Gasteiger partial charge in [0.05, 0.1) is 11.6 Å². The summed E-state index contributed by atoms with van der Waals surface area (Å²) in [7, 11) is 1.95. The van der Waals surface area contributed by atoms with Crippen LogP contribution < -0.4 is 10.1 Å². The topological polar surface area (TPSA) is 21.3 Å². The van der Waals surface area contributed by atoms with E-state index in [1.165, 1.54) is 31.2 Å². The highest BCUT2D eigenvalue weighted by atomic mass is 35.5. The van der Waals surface area contributed by atoms with E-state index in [1.54, 1.807) is 0 Å². The average Bonchev–Trinajstić information content (AvgIpc) is 2.89. The second-order valence-corrected chi connectivity index (χ2v) is 5.57. The average molecular weight is 268 g/mol. The number of nitrogens with one attached hydrogen (secondary N) is 1. The van der Waals surface area contributed by atoms with E-state index < -0.39 is 0 Å². The minimum absolute atomic E-state index is 0.311. The predicted octanol–water partition coefficient (Wildman–Crippen LogP) is 4.19. The summed E-state index contributed by atoms with van der Waals surface area (Å²) in [4.78, 5) is 0. The van der Waals surface area contributed by atoms with Gasteiger partial charge in [0.15, 0.2) is 0 Å². The molecule has 1 aromatic carbocycles. The molecule has 0 amide bonds. The fraction of sp³-hybridized carbons (Fsp3) is 0.600. The van der Waals surface area contributed by atoms with E-state index in [9.17, 15) is 0 Å². The van der Waals surface area contributed by atoms with Crippen molar-refractivity contribution in [3.8, 4) is 5.75 Å². The van der Waals surface area contributed by atoms with Gasteiger partial charge in [-0.3, -0.25) is 0 Å². The number of rotatable bonds is 5. The quantitative estimate of drug-likeness (QED) is 0.864. The van der Waals surface area contributed by atoms with E-state index in [0.29, 0.717) is 11.1 Å².